The van der Waals surface area contributed by atoms with Gasteiger partial charge in [0.2, 0.25) is 23.0 Å². The minimum atomic E-state index is -5.31. The van der Waals surface area contributed by atoms with Crippen molar-refractivity contribution < 1.29 is 178 Å². The predicted octanol–water partition coefficient (Wildman–Crippen LogP) is 8.39. The molecule has 0 bridgehead atoms. The average Bonchev–Trinajstić information content (AvgIpc) is 2.85. The van der Waals surface area contributed by atoms with Crippen LogP contribution >= 0.6 is 0 Å². The molecule has 0 saturated heterocycles. The van der Waals surface area contributed by atoms with Gasteiger partial charge in [0.25, 0.3) is 0 Å². The third-order valence-corrected chi connectivity index (χ3v) is 3.42. The van der Waals surface area contributed by atoms with Crippen molar-refractivity contribution in [2.75, 3.05) is 0 Å². The Morgan fingerprint density at radius 1 is 0.264 bits per heavy atom. The van der Waals surface area contributed by atoms with Crippen LogP contribution in [0.3, 0.4) is 0 Å². The second-order valence-corrected chi connectivity index (χ2v) is 7.64. The number of hydrogen-bond donors (Lipinski definition) is 4. The van der Waals surface area contributed by atoms with Gasteiger partial charge in [-0.2, -0.15) is 105 Å². The summed E-state index contributed by atoms with van der Waals surface area (Å²) in [4.78, 5) is 31.9. The van der Waals surface area contributed by atoms with E-state index >= 15 is 0 Å². The molecule has 0 atom stereocenters. The number of ketones is 4. The maximum Gasteiger partial charge on any atom is 3.00 e. The molecule has 8 N–H and O–H groups in total. The zero-order chi connectivity index (χ0) is 43.4. The molecule has 0 aliphatic heterocycles. The SMILES string of the molecule is O/C(=C\C(=[OH+])C(F)(F)F)C(F)(F)F.O/C(=C\C(=[OH+])C(F)(F)F)C(F)(F)F.O/C(=C\C(=[OH+])C(F)(F)F)C(F)(F)F.O/C(=C\C(=[OH+])C(F)(F)F)C(F)(F)F.[Y+3]. The third-order valence-electron chi connectivity index (χ3n) is 3.42. The van der Waals surface area contributed by atoms with Crippen LogP contribution < -0.4 is 0 Å². The number of halogens is 24. The molecular weight excluding hydrogens is 913 g/mol. The Kier molecular flexibility index (Phi) is 22.8. The quantitative estimate of drug-likeness (QED) is 0.0964. The topological polar surface area (TPSA) is 167 Å². The van der Waals surface area contributed by atoms with E-state index in [9.17, 15) is 105 Å². The first-order valence-corrected chi connectivity index (χ1v) is 10.6. The Balaban J connectivity index is -0.000000192. The minimum Gasteiger partial charge on any atom is -0.504 e. The normalized spacial score (nSPS) is 14.2. The van der Waals surface area contributed by atoms with Crippen molar-refractivity contribution in [2.45, 2.75) is 49.4 Å². The zero-order valence-corrected chi connectivity index (χ0v) is 26.4. The number of alkyl halides is 24. The minimum absolute atomic E-state index is 0. The molecule has 0 heterocycles. The van der Waals surface area contributed by atoms with E-state index in [0.717, 1.165) is 0 Å². The first-order chi connectivity index (χ1) is 22.2. The second kappa shape index (κ2) is 20.6. The maximum atomic E-state index is 11.4. The van der Waals surface area contributed by atoms with Gasteiger partial charge in [-0.1, -0.05) is 0 Å². The summed E-state index contributed by atoms with van der Waals surface area (Å²) in [5.74, 6) is -20.1. The summed E-state index contributed by atoms with van der Waals surface area (Å²) in [6.45, 7) is 0. The average molecular weight is 925 g/mol. The smallest absolute Gasteiger partial charge is 0.504 e. The van der Waals surface area contributed by atoms with Gasteiger partial charge >= 0.3 is 105 Å². The van der Waals surface area contributed by atoms with Crippen LogP contribution in [-0.4, -0.2) is 112 Å². The fraction of sp³-hybridized carbons (Fsp3) is 0.400. The fourth-order valence-electron chi connectivity index (χ4n) is 1.17. The number of hydrogen-bond acceptors (Lipinski definition) is 4. The Morgan fingerprint density at radius 3 is 0.415 bits per heavy atom. The number of aliphatic hydroxyl groups is 4. The number of rotatable bonds is 4. The molecule has 0 aromatic rings. The van der Waals surface area contributed by atoms with E-state index in [0.29, 0.717) is 0 Å². The van der Waals surface area contributed by atoms with Crippen LogP contribution in [0.5, 0.6) is 0 Å². The van der Waals surface area contributed by atoms with Crippen LogP contribution in [0.4, 0.5) is 105 Å². The molecule has 8 nitrogen and oxygen atoms in total. The largest absolute Gasteiger partial charge is 3.00 e. The molecule has 53 heavy (non-hydrogen) atoms. The molecule has 0 aromatic carbocycles. The van der Waals surface area contributed by atoms with Crippen LogP contribution in [0.25, 0.3) is 0 Å². The van der Waals surface area contributed by atoms with Crippen molar-refractivity contribution in [3.05, 3.63) is 47.3 Å². The van der Waals surface area contributed by atoms with E-state index < -0.39 is 120 Å². The molecule has 0 saturated carbocycles. The van der Waals surface area contributed by atoms with Crippen molar-refractivity contribution in [3.63, 3.8) is 0 Å². The van der Waals surface area contributed by atoms with E-state index in [1.54, 1.807) is 0 Å². The standard InChI is InChI=1S/4C5H2F6O2.Y/c4*6-4(7,8)2(12)1-3(13)5(9,10)11;/h4*1,12H;/q;;;;+3/p+4/b4*2-1-;. The van der Waals surface area contributed by atoms with Crippen molar-refractivity contribution in [3.8, 4) is 0 Å². The van der Waals surface area contributed by atoms with Gasteiger partial charge < -0.3 is 20.4 Å². The first-order valence-electron chi connectivity index (χ1n) is 10.6. The number of carbonyl (C=O) groups excluding carboxylic acids is 4. The van der Waals surface area contributed by atoms with Crippen molar-refractivity contribution in [2.24, 2.45) is 0 Å². The Morgan fingerprint density at radius 2 is 0.358 bits per heavy atom. The van der Waals surface area contributed by atoms with Gasteiger partial charge in [-0.25, -0.2) is 0 Å². The van der Waals surface area contributed by atoms with E-state index in [2.05, 4.69) is 0 Å². The molecule has 0 spiro atoms. The fourth-order valence-corrected chi connectivity index (χ4v) is 1.17. The molecule has 0 aromatic heterocycles. The first kappa shape index (κ1) is 58.6. The Hall–Kier alpha value is -3.74. The summed E-state index contributed by atoms with van der Waals surface area (Å²) in [5, 5.41) is 31.9. The molecule has 304 valence electrons. The Bertz CT molecular complexity index is 1150. The predicted molar refractivity (Wildman–Crippen MR) is 119 cm³/mol. The molecule has 0 aliphatic rings. The summed E-state index contributed by atoms with van der Waals surface area (Å²) >= 11 is 0. The summed E-state index contributed by atoms with van der Waals surface area (Å²) in [6, 6.07) is 0. The van der Waals surface area contributed by atoms with Gasteiger partial charge in [-0.05, 0) is 0 Å². The molecule has 0 amide bonds. The summed E-state index contributed by atoms with van der Waals surface area (Å²) in [5.41, 5.74) is 0. The molecule has 33 heteroatoms. The van der Waals surface area contributed by atoms with Crippen molar-refractivity contribution >= 4 is 23.1 Å². The maximum absolute atomic E-state index is 11.4. The van der Waals surface area contributed by atoms with Crippen LogP contribution in [0, 0.1) is 0 Å². The molecule has 0 unspecified atom stereocenters. The van der Waals surface area contributed by atoms with Gasteiger partial charge in [0.05, 0.1) is 24.3 Å². The van der Waals surface area contributed by atoms with E-state index in [-0.39, 0.29) is 32.7 Å². The van der Waals surface area contributed by atoms with Gasteiger partial charge in [0.15, 0.2) is 0 Å². The number of aliphatic hydroxyl groups excluding tert-OH is 4. The second-order valence-electron chi connectivity index (χ2n) is 7.64. The summed E-state index contributed by atoms with van der Waals surface area (Å²) in [7, 11) is 0. The van der Waals surface area contributed by atoms with Gasteiger partial charge in [0.1, 0.15) is 0 Å². The number of allylic oxidation sites excluding steroid dienone is 8. The molecular formula is C20H12F24O8Y+7. The molecule has 0 fully saturated rings. The van der Waals surface area contributed by atoms with E-state index in [1.165, 1.54) is 0 Å². The summed E-state index contributed by atoms with van der Waals surface area (Å²) < 4.78 is 273. The van der Waals surface area contributed by atoms with Crippen molar-refractivity contribution in [1.29, 1.82) is 0 Å². The van der Waals surface area contributed by atoms with Gasteiger partial charge in [0, 0.05) is 0 Å². The zero-order valence-electron chi connectivity index (χ0n) is 23.5. The van der Waals surface area contributed by atoms with E-state index in [4.69, 9.17) is 39.6 Å². The van der Waals surface area contributed by atoms with Crippen LogP contribution in [0.15, 0.2) is 47.3 Å². The van der Waals surface area contributed by atoms with Gasteiger partial charge in [-0.3, -0.25) is 19.2 Å². The van der Waals surface area contributed by atoms with Crippen LogP contribution in [0.1, 0.15) is 0 Å². The molecule has 0 radical (unpaired) electrons. The summed E-state index contributed by atoms with van der Waals surface area (Å²) in [6.07, 6.45) is -45.7. The molecule has 0 rings (SSSR count). The monoisotopic (exact) mass is 925 g/mol. The van der Waals surface area contributed by atoms with Crippen LogP contribution in [-0.2, 0) is 32.7 Å². The Labute approximate surface area is 297 Å². The van der Waals surface area contributed by atoms with Gasteiger partial charge in [-0.15, -0.1) is 0 Å². The third kappa shape index (κ3) is 28.4. The van der Waals surface area contributed by atoms with Crippen molar-refractivity contribution in [1.82, 2.24) is 0 Å². The van der Waals surface area contributed by atoms with E-state index in [1.807, 2.05) is 0 Å². The van der Waals surface area contributed by atoms with Crippen LogP contribution in [0.2, 0.25) is 0 Å². The molecule has 0 aliphatic carbocycles.